The Kier molecular flexibility index (Phi) is 4.81. The van der Waals surface area contributed by atoms with E-state index in [1.165, 1.54) is 0 Å². The fourth-order valence-electron chi connectivity index (χ4n) is 3.36. The molecular weight excluding hydrogens is 354 g/mol. The number of piperazine rings is 1. The molecule has 0 aliphatic carbocycles. The van der Waals surface area contributed by atoms with Crippen LogP contribution in [0.2, 0.25) is 0 Å². The first-order valence-corrected chi connectivity index (χ1v) is 9.37. The van der Waals surface area contributed by atoms with E-state index in [-0.39, 0.29) is 0 Å². The van der Waals surface area contributed by atoms with Crippen LogP contribution in [0.15, 0.2) is 30.7 Å². The molecule has 4 heterocycles. The lowest BCUT2D eigenvalue weighted by Crippen LogP contribution is -2.47. The Bertz CT molecular complexity index is 958. The van der Waals surface area contributed by atoms with Crippen molar-refractivity contribution in [2.45, 2.75) is 13.8 Å². The maximum atomic E-state index is 4.64. The summed E-state index contributed by atoms with van der Waals surface area (Å²) >= 11 is 0. The number of hydrogen-bond acceptors (Lipinski definition) is 8. The number of aromatic nitrogens is 6. The number of rotatable bonds is 4. The lowest BCUT2D eigenvalue weighted by Gasteiger charge is -2.35. The topological polar surface area (TPSA) is 79.1 Å². The van der Waals surface area contributed by atoms with Gasteiger partial charge in [-0.25, -0.2) is 19.6 Å². The van der Waals surface area contributed by atoms with Crippen molar-refractivity contribution in [3.05, 3.63) is 42.1 Å². The Morgan fingerprint density at radius 2 is 1.61 bits per heavy atom. The van der Waals surface area contributed by atoms with Crippen molar-refractivity contribution < 1.29 is 0 Å². The number of hydrogen-bond donors (Lipinski definition) is 0. The largest absolute Gasteiger partial charge is 0.363 e. The molecule has 0 bridgehead atoms. The smallest absolute Gasteiger partial charge is 0.227 e. The minimum absolute atomic E-state index is 0.775. The SMILES string of the molecule is Cc1cc(C)n(-c2cc(N3CCN(c4nccc(N(C)C)n4)CC3)ncn2)n1. The summed E-state index contributed by atoms with van der Waals surface area (Å²) in [7, 11) is 3.97. The van der Waals surface area contributed by atoms with Crippen LogP contribution in [0, 0.1) is 13.8 Å². The van der Waals surface area contributed by atoms with E-state index in [2.05, 4.69) is 34.8 Å². The third-order valence-electron chi connectivity index (χ3n) is 4.84. The van der Waals surface area contributed by atoms with Crippen LogP contribution in [0.25, 0.3) is 5.82 Å². The summed E-state index contributed by atoms with van der Waals surface area (Å²) in [4.78, 5) is 24.4. The van der Waals surface area contributed by atoms with Gasteiger partial charge in [-0.2, -0.15) is 10.1 Å². The zero-order valence-corrected chi connectivity index (χ0v) is 16.7. The third kappa shape index (κ3) is 3.60. The van der Waals surface area contributed by atoms with Gasteiger partial charge in [0, 0.05) is 58.2 Å². The maximum absolute atomic E-state index is 4.64. The van der Waals surface area contributed by atoms with Gasteiger partial charge in [0.1, 0.15) is 18.0 Å². The molecule has 146 valence electrons. The van der Waals surface area contributed by atoms with Gasteiger partial charge in [-0.3, -0.25) is 0 Å². The molecule has 0 radical (unpaired) electrons. The molecule has 0 unspecified atom stereocenters. The van der Waals surface area contributed by atoms with Gasteiger partial charge in [-0.15, -0.1) is 0 Å². The highest BCUT2D eigenvalue weighted by atomic mass is 15.4. The van der Waals surface area contributed by atoms with Crippen LogP contribution in [0.4, 0.5) is 17.6 Å². The Morgan fingerprint density at radius 3 is 2.29 bits per heavy atom. The van der Waals surface area contributed by atoms with E-state index in [4.69, 9.17) is 0 Å². The number of anilines is 3. The lowest BCUT2D eigenvalue weighted by molar-refractivity contribution is 0.633. The fraction of sp³-hybridized carbons (Fsp3) is 0.421. The second-order valence-electron chi connectivity index (χ2n) is 7.16. The second-order valence-corrected chi connectivity index (χ2v) is 7.16. The van der Waals surface area contributed by atoms with Crippen molar-refractivity contribution in [3.8, 4) is 5.82 Å². The normalized spacial score (nSPS) is 14.4. The zero-order valence-electron chi connectivity index (χ0n) is 16.7. The molecule has 0 atom stereocenters. The van der Waals surface area contributed by atoms with E-state index >= 15 is 0 Å². The monoisotopic (exact) mass is 379 g/mol. The first-order chi connectivity index (χ1) is 13.5. The average molecular weight is 379 g/mol. The first kappa shape index (κ1) is 18.1. The minimum Gasteiger partial charge on any atom is -0.363 e. The van der Waals surface area contributed by atoms with E-state index in [1.54, 1.807) is 6.33 Å². The molecule has 4 rings (SSSR count). The van der Waals surface area contributed by atoms with Crippen LogP contribution in [0.5, 0.6) is 0 Å². The van der Waals surface area contributed by atoms with E-state index in [0.29, 0.717) is 0 Å². The van der Waals surface area contributed by atoms with Gasteiger partial charge >= 0.3 is 0 Å². The van der Waals surface area contributed by atoms with E-state index in [1.807, 2.05) is 61.9 Å². The molecule has 28 heavy (non-hydrogen) atoms. The van der Waals surface area contributed by atoms with Crippen LogP contribution in [0.1, 0.15) is 11.4 Å². The zero-order chi connectivity index (χ0) is 19.7. The molecular formula is C19H25N9. The van der Waals surface area contributed by atoms with Gasteiger partial charge < -0.3 is 14.7 Å². The molecule has 1 saturated heterocycles. The second kappa shape index (κ2) is 7.41. The van der Waals surface area contributed by atoms with Gasteiger partial charge in [0.25, 0.3) is 0 Å². The molecule has 0 aromatic carbocycles. The quantitative estimate of drug-likeness (QED) is 0.674. The number of aryl methyl sites for hydroxylation is 2. The molecule has 0 saturated carbocycles. The lowest BCUT2D eigenvalue weighted by atomic mass is 10.3. The summed E-state index contributed by atoms with van der Waals surface area (Å²) in [6.45, 7) is 7.40. The Morgan fingerprint density at radius 1 is 0.893 bits per heavy atom. The van der Waals surface area contributed by atoms with Gasteiger partial charge in [0.2, 0.25) is 5.95 Å². The predicted molar refractivity (Wildman–Crippen MR) is 109 cm³/mol. The minimum atomic E-state index is 0.775. The van der Waals surface area contributed by atoms with Gasteiger partial charge in [-0.05, 0) is 26.0 Å². The highest BCUT2D eigenvalue weighted by Crippen LogP contribution is 2.20. The molecule has 1 aliphatic heterocycles. The summed E-state index contributed by atoms with van der Waals surface area (Å²) in [6.07, 6.45) is 3.42. The highest BCUT2D eigenvalue weighted by Gasteiger charge is 2.21. The molecule has 9 heteroatoms. The average Bonchev–Trinajstić information content (AvgIpc) is 3.06. The molecule has 3 aromatic heterocycles. The Balaban J connectivity index is 1.48. The van der Waals surface area contributed by atoms with Crippen molar-refractivity contribution in [3.63, 3.8) is 0 Å². The van der Waals surface area contributed by atoms with E-state index in [9.17, 15) is 0 Å². The number of nitrogens with zero attached hydrogens (tertiary/aromatic N) is 9. The van der Waals surface area contributed by atoms with E-state index in [0.717, 1.165) is 61.0 Å². The van der Waals surface area contributed by atoms with Crippen molar-refractivity contribution in [2.75, 3.05) is 55.0 Å². The van der Waals surface area contributed by atoms with Crippen LogP contribution in [-0.2, 0) is 0 Å². The van der Waals surface area contributed by atoms with Crippen LogP contribution >= 0.6 is 0 Å². The van der Waals surface area contributed by atoms with Crippen molar-refractivity contribution in [2.24, 2.45) is 0 Å². The first-order valence-electron chi connectivity index (χ1n) is 9.37. The van der Waals surface area contributed by atoms with Crippen molar-refractivity contribution >= 4 is 17.6 Å². The van der Waals surface area contributed by atoms with E-state index < -0.39 is 0 Å². The summed E-state index contributed by atoms with van der Waals surface area (Å²) in [6, 6.07) is 5.96. The maximum Gasteiger partial charge on any atom is 0.227 e. The molecule has 9 nitrogen and oxygen atoms in total. The summed E-state index contributed by atoms with van der Waals surface area (Å²) < 4.78 is 1.86. The van der Waals surface area contributed by atoms with Gasteiger partial charge in [-0.1, -0.05) is 0 Å². The Labute approximate surface area is 164 Å². The Hall–Kier alpha value is -3.23. The summed E-state index contributed by atoms with van der Waals surface area (Å²) in [5.41, 5.74) is 2.04. The van der Waals surface area contributed by atoms with Crippen molar-refractivity contribution in [1.82, 2.24) is 29.7 Å². The summed E-state index contributed by atoms with van der Waals surface area (Å²) in [5.74, 6) is 3.40. The van der Waals surface area contributed by atoms with Gasteiger partial charge in [0.05, 0.1) is 5.69 Å². The van der Waals surface area contributed by atoms with Crippen molar-refractivity contribution in [1.29, 1.82) is 0 Å². The predicted octanol–water partition coefficient (Wildman–Crippen LogP) is 1.46. The highest BCUT2D eigenvalue weighted by molar-refractivity contribution is 5.47. The molecule has 3 aromatic rings. The molecule has 1 fully saturated rings. The fourth-order valence-corrected chi connectivity index (χ4v) is 3.36. The standard InChI is InChI=1S/C19H25N9/c1-14-11-15(2)28(24-14)18-12-17(21-13-22-18)26-7-9-27(10-8-26)19-20-6-5-16(23-19)25(3)4/h5-6,11-13H,7-10H2,1-4H3. The molecule has 1 aliphatic rings. The van der Waals surface area contributed by atoms with Crippen LogP contribution in [-0.4, -0.2) is 70.0 Å². The summed E-state index contributed by atoms with van der Waals surface area (Å²) in [5, 5.41) is 4.52. The van der Waals surface area contributed by atoms with Gasteiger partial charge in [0.15, 0.2) is 5.82 Å². The van der Waals surface area contributed by atoms with Crippen LogP contribution in [0.3, 0.4) is 0 Å². The molecule has 0 amide bonds. The molecule has 0 N–H and O–H groups in total. The van der Waals surface area contributed by atoms with Crippen LogP contribution < -0.4 is 14.7 Å². The molecule has 0 spiro atoms. The third-order valence-corrected chi connectivity index (χ3v) is 4.84.